The van der Waals surface area contributed by atoms with Gasteiger partial charge in [0.1, 0.15) is 24.0 Å². The van der Waals surface area contributed by atoms with Crippen molar-refractivity contribution in [3.05, 3.63) is 57.6 Å². The molecule has 2 aromatic carbocycles. The second-order valence-corrected chi connectivity index (χ2v) is 9.60. The number of rotatable bonds is 9. The summed E-state index contributed by atoms with van der Waals surface area (Å²) in [4.78, 5) is 16.7. The number of benzene rings is 2. The minimum absolute atomic E-state index is 0.0288. The first-order chi connectivity index (χ1) is 17.3. The fraction of sp³-hybridized carbons (Fsp3) is 0.308. The maximum absolute atomic E-state index is 12.7. The van der Waals surface area contributed by atoms with E-state index in [2.05, 4.69) is 16.2 Å². The third kappa shape index (κ3) is 5.74. The van der Waals surface area contributed by atoms with Crippen molar-refractivity contribution in [3.63, 3.8) is 0 Å². The highest BCUT2D eigenvalue weighted by Gasteiger charge is 2.35. The third-order valence-electron chi connectivity index (χ3n) is 5.24. The monoisotopic (exact) mass is 526 g/mol. The van der Waals surface area contributed by atoms with Gasteiger partial charge in [0.2, 0.25) is 5.17 Å². The molecule has 0 aliphatic carbocycles. The summed E-state index contributed by atoms with van der Waals surface area (Å²) < 4.78 is 17.5. The van der Waals surface area contributed by atoms with E-state index in [0.717, 1.165) is 21.9 Å². The summed E-state index contributed by atoms with van der Waals surface area (Å²) >= 11 is 7.85. The zero-order valence-corrected chi connectivity index (χ0v) is 22.1. The average Bonchev–Trinajstić information content (AvgIpc) is 3.23. The largest absolute Gasteiger partial charge is 0.490 e. The van der Waals surface area contributed by atoms with E-state index in [1.165, 1.54) is 16.8 Å². The summed E-state index contributed by atoms with van der Waals surface area (Å²) in [6, 6.07) is 9.42. The number of hydrogen-bond acceptors (Lipinski definition) is 7. The third-order valence-corrected chi connectivity index (χ3v) is 6.57. The zero-order chi connectivity index (χ0) is 25.8. The Morgan fingerprint density at radius 3 is 2.47 bits per heavy atom. The topological polar surface area (TPSA) is 96.6 Å². The molecular weight excluding hydrogens is 500 g/mol. The van der Waals surface area contributed by atoms with Crippen molar-refractivity contribution >= 4 is 51.4 Å². The summed E-state index contributed by atoms with van der Waals surface area (Å²) in [7, 11) is 0. The highest BCUT2D eigenvalue weighted by atomic mass is 35.5. The Kier molecular flexibility index (Phi) is 8.01. The van der Waals surface area contributed by atoms with Crippen LogP contribution in [0.4, 0.5) is 0 Å². The normalized spacial score (nSPS) is 16.1. The number of aliphatic imine (C=N–C) groups is 1. The summed E-state index contributed by atoms with van der Waals surface area (Å²) in [6.45, 7) is 8.85. The second kappa shape index (κ2) is 11.2. The van der Waals surface area contributed by atoms with Crippen molar-refractivity contribution in [2.24, 2.45) is 10.1 Å². The van der Waals surface area contributed by atoms with Gasteiger partial charge in [-0.2, -0.15) is 15.1 Å². The van der Waals surface area contributed by atoms with Gasteiger partial charge in [-0.25, -0.2) is 0 Å². The molecule has 2 aliphatic heterocycles. The van der Waals surface area contributed by atoms with Crippen LogP contribution in [0.5, 0.6) is 17.2 Å². The molecule has 1 N–H and O–H groups in total. The molecule has 0 fully saturated rings. The minimum Gasteiger partial charge on any atom is -0.490 e. The lowest BCUT2D eigenvalue weighted by molar-refractivity contribution is -0.114. The quantitative estimate of drug-likeness (QED) is 0.325. The SMILES string of the molecule is CCOc1cc(/C=C2/C(=N)N3N=C(CC)SC3=NC2=O)cc(Cl)c1OCCOc1cc(C)cc(C)c1. The number of ether oxygens (including phenoxy) is 3. The highest BCUT2D eigenvalue weighted by Crippen LogP contribution is 2.38. The van der Waals surface area contributed by atoms with E-state index in [1.807, 2.05) is 39.8 Å². The number of carbonyl (C=O) groups excluding carboxylic acids is 1. The van der Waals surface area contributed by atoms with Crippen LogP contribution >= 0.6 is 23.4 Å². The van der Waals surface area contributed by atoms with Gasteiger partial charge in [-0.15, -0.1) is 0 Å². The maximum Gasteiger partial charge on any atom is 0.283 e. The number of amidine groups is 2. The number of amides is 1. The van der Waals surface area contributed by atoms with Crippen LogP contribution in [0.1, 0.15) is 37.0 Å². The Labute approximate surface area is 219 Å². The molecular formula is C26H27ClN4O4S. The Hall–Kier alpha value is -3.30. The fourth-order valence-corrected chi connectivity index (χ4v) is 4.83. The van der Waals surface area contributed by atoms with Crippen LogP contribution in [0.15, 0.2) is 46.0 Å². The minimum atomic E-state index is -0.496. The summed E-state index contributed by atoms with van der Waals surface area (Å²) in [6.07, 6.45) is 2.27. The maximum atomic E-state index is 12.7. The molecule has 4 rings (SSSR count). The molecule has 2 aromatic rings. The molecule has 1 amide bonds. The first-order valence-electron chi connectivity index (χ1n) is 11.6. The number of carbonyl (C=O) groups is 1. The molecule has 0 aromatic heterocycles. The van der Waals surface area contributed by atoms with Gasteiger partial charge in [0, 0.05) is 0 Å². The van der Waals surface area contributed by atoms with Crippen molar-refractivity contribution in [1.29, 1.82) is 5.41 Å². The van der Waals surface area contributed by atoms with Crippen LogP contribution in [0.25, 0.3) is 6.08 Å². The first-order valence-corrected chi connectivity index (χ1v) is 12.8. The highest BCUT2D eigenvalue weighted by molar-refractivity contribution is 8.26. The molecule has 188 valence electrons. The van der Waals surface area contributed by atoms with Gasteiger partial charge in [-0.05, 0) is 86.0 Å². The standard InChI is InChI=1S/C26H27ClN4O4S/c1-5-22-30-31-24(28)19(25(32)29-26(31)36-22)12-17-13-20(27)23(21(14-17)33-6-2)35-8-7-34-18-10-15(3)9-16(4)11-18/h9-14,28H,5-8H2,1-4H3/b19-12-,28-24?. The number of hydrazone groups is 1. The molecule has 0 atom stereocenters. The zero-order valence-electron chi connectivity index (χ0n) is 20.6. The predicted molar refractivity (Wildman–Crippen MR) is 145 cm³/mol. The molecule has 2 heterocycles. The smallest absolute Gasteiger partial charge is 0.283 e. The molecule has 2 aliphatic rings. The lowest BCUT2D eigenvalue weighted by Gasteiger charge is -2.20. The van der Waals surface area contributed by atoms with Crippen molar-refractivity contribution in [2.45, 2.75) is 34.1 Å². The number of fused-ring (bicyclic) bond motifs is 1. The van der Waals surface area contributed by atoms with Gasteiger partial charge in [0.15, 0.2) is 17.3 Å². The summed E-state index contributed by atoms with van der Waals surface area (Å²) in [5.74, 6) is 1.09. The first kappa shape index (κ1) is 25.8. The van der Waals surface area contributed by atoms with Crippen LogP contribution in [0, 0.1) is 19.3 Å². The van der Waals surface area contributed by atoms with Gasteiger partial charge >= 0.3 is 0 Å². The lowest BCUT2D eigenvalue weighted by Crippen LogP contribution is -2.35. The molecule has 8 nitrogen and oxygen atoms in total. The van der Waals surface area contributed by atoms with E-state index in [0.29, 0.717) is 46.9 Å². The van der Waals surface area contributed by atoms with E-state index < -0.39 is 5.91 Å². The van der Waals surface area contributed by atoms with E-state index in [-0.39, 0.29) is 18.0 Å². The number of hydrogen-bond donors (Lipinski definition) is 1. The lowest BCUT2D eigenvalue weighted by atomic mass is 10.1. The molecule has 0 unspecified atom stereocenters. The van der Waals surface area contributed by atoms with Crippen LogP contribution < -0.4 is 14.2 Å². The van der Waals surface area contributed by atoms with E-state index in [9.17, 15) is 4.79 Å². The van der Waals surface area contributed by atoms with Crippen LogP contribution in [0.3, 0.4) is 0 Å². The van der Waals surface area contributed by atoms with Gasteiger partial charge in [-0.1, -0.05) is 24.6 Å². The number of thioether (sulfide) groups is 1. The van der Waals surface area contributed by atoms with Crippen molar-refractivity contribution in [3.8, 4) is 17.2 Å². The molecule has 0 spiro atoms. The molecule has 10 heteroatoms. The second-order valence-electron chi connectivity index (χ2n) is 8.15. The van der Waals surface area contributed by atoms with Gasteiger partial charge < -0.3 is 14.2 Å². The number of halogens is 1. The summed E-state index contributed by atoms with van der Waals surface area (Å²) in [5, 5.41) is 15.8. The van der Waals surface area contributed by atoms with E-state index >= 15 is 0 Å². The van der Waals surface area contributed by atoms with E-state index in [4.69, 9.17) is 31.2 Å². The van der Waals surface area contributed by atoms with Crippen molar-refractivity contribution < 1.29 is 19.0 Å². The molecule has 0 radical (unpaired) electrons. The average molecular weight is 527 g/mol. The number of nitrogens with zero attached hydrogens (tertiary/aromatic N) is 3. The Morgan fingerprint density at radius 2 is 1.78 bits per heavy atom. The molecule has 0 saturated heterocycles. The van der Waals surface area contributed by atoms with Crippen LogP contribution in [-0.2, 0) is 4.79 Å². The van der Waals surface area contributed by atoms with Gasteiger partial charge in [-0.3, -0.25) is 10.2 Å². The fourth-order valence-electron chi connectivity index (χ4n) is 3.74. The molecule has 0 saturated carbocycles. The van der Waals surface area contributed by atoms with Gasteiger partial charge in [0.05, 0.1) is 17.2 Å². The van der Waals surface area contributed by atoms with Gasteiger partial charge in [0.25, 0.3) is 5.91 Å². The number of nitrogens with one attached hydrogen (secondary N) is 1. The van der Waals surface area contributed by atoms with Crippen LogP contribution in [0.2, 0.25) is 5.02 Å². The number of aryl methyl sites for hydroxylation is 2. The Balaban J connectivity index is 1.51. The molecule has 0 bridgehead atoms. The predicted octanol–water partition coefficient (Wildman–Crippen LogP) is 5.84. The summed E-state index contributed by atoms with van der Waals surface area (Å²) in [5.41, 5.74) is 2.96. The Bertz CT molecular complexity index is 1280. The van der Waals surface area contributed by atoms with Crippen molar-refractivity contribution in [2.75, 3.05) is 19.8 Å². The Morgan fingerprint density at radius 1 is 1.06 bits per heavy atom. The molecule has 36 heavy (non-hydrogen) atoms. The van der Waals surface area contributed by atoms with Crippen molar-refractivity contribution in [1.82, 2.24) is 5.01 Å². The van der Waals surface area contributed by atoms with Crippen LogP contribution in [-0.4, -0.2) is 46.8 Å². The van der Waals surface area contributed by atoms with E-state index in [1.54, 1.807) is 18.2 Å².